The van der Waals surface area contributed by atoms with Crippen LogP contribution in [-0.4, -0.2) is 46.9 Å². The summed E-state index contributed by atoms with van der Waals surface area (Å²) in [5, 5.41) is 4.77. The number of carbonyl (C=O) groups excluding carboxylic acids is 3. The van der Waals surface area contributed by atoms with Crippen LogP contribution in [0.2, 0.25) is 0 Å². The lowest BCUT2D eigenvalue weighted by molar-refractivity contribution is -0.135. The Bertz CT molecular complexity index is 401. The number of rotatable bonds is 1. The standard InChI is InChI=1S/C10H16N4O3/c1-9(2,11)7(16)14-4-3-10(5-14)6(15)12-8(17)13-10/h3-5,11H2,1-2H3,(H2,12,13,15,17). The van der Waals surface area contributed by atoms with Crippen LogP contribution in [0, 0.1) is 0 Å². The van der Waals surface area contributed by atoms with Crippen LogP contribution in [0.4, 0.5) is 4.79 Å². The van der Waals surface area contributed by atoms with Crippen molar-refractivity contribution in [2.45, 2.75) is 31.3 Å². The number of nitrogens with zero attached hydrogens (tertiary/aromatic N) is 1. The summed E-state index contributed by atoms with van der Waals surface area (Å²) in [5.74, 6) is -0.587. The molecule has 0 radical (unpaired) electrons. The quantitative estimate of drug-likeness (QED) is 0.487. The highest BCUT2D eigenvalue weighted by Crippen LogP contribution is 2.25. The zero-order valence-corrected chi connectivity index (χ0v) is 9.87. The van der Waals surface area contributed by atoms with E-state index in [2.05, 4.69) is 10.6 Å². The largest absolute Gasteiger partial charge is 0.338 e. The number of hydrogen-bond acceptors (Lipinski definition) is 4. The lowest BCUT2D eigenvalue weighted by Gasteiger charge is -2.26. The Morgan fingerprint density at radius 3 is 2.59 bits per heavy atom. The zero-order chi connectivity index (χ0) is 12.8. The number of hydrogen-bond donors (Lipinski definition) is 3. The summed E-state index contributed by atoms with van der Waals surface area (Å²) in [6, 6.07) is -0.503. The molecule has 2 fully saturated rings. The number of nitrogens with two attached hydrogens (primary N) is 1. The fraction of sp³-hybridized carbons (Fsp3) is 0.700. The molecule has 0 aliphatic carbocycles. The molecular weight excluding hydrogens is 224 g/mol. The van der Waals surface area contributed by atoms with E-state index in [1.54, 1.807) is 13.8 Å². The van der Waals surface area contributed by atoms with Crippen molar-refractivity contribution in [3.63, 3.8) is 0 Å². The van der Waals surface area contributed by atoms with Crippen molar-refractivity contribution in [1.29, 1.82) is 0 Å². The van der Waals surface area contributed by atoms with Crippen molar-refractivity contribution < 1.29 is 14.4 Å². The maximum absolute atomic E-state index is 12.0. The predicted octanol–water partition coefficient (Wildman–Crippen LogP) is -1.47. The van der Waals surface area contributed by atoms with Gasteiger partial charge in [-0.25, -0.2) is 4.79 Å². The molecular formula is C10H16N4O3. The molecule has 1 spiro atoms. The molecule has 7 nitrogen and oxygen atoms in total. The summed E-state index contributed by atoms with van der Waals surface area (Å²) in [6.07, 6.45) is 0.423. The SMILES string of the molecule is CC(C)(N)C(=O)N1CCC2(C1)NC(=O)NC2=O. The Morgan fingerprint density at radius 1 is 1.47 bits per heavy atom. The summed E-state index contributed by atoms with van der Waals surface area (Å²) < 4.78 is 0. The molecule has 0 aromatic heterocycles. The van der Waals surface area contributed by atoms with Crippen LogP contribution in [-0.2, 0) is 9.59 Å². The second-order valence-electron chi connectivity index (χ2n) is 5.19. The number of likely N-dealkylation sites (tertiary alicyclic amines) is 1. The highest BCUT2D eigenvalue weighted by molar-refractivity contribution is 6.07. The average molecular weight is 240 g/mol. The maximum atomic E-state index is 12.0. The summed E-state index contributed by atoms with van der Waals surface area (Å²) in [7, 11) is 0. The van der Waals surface area contributed by atoms with Gasteiger partial charge in [0.1, 0.15) is 5.54 Å². The van der Waals surface area contributed by atoms with E-state index in [1.165, 1.54) is 4.90 Å². The van der Waals surface area contributed by atoms with E-state index >= 15 is 0 Å². The number of amides is 4. The van der Waals surface area contributed by atoms with Gasteiger partial charge >= 0.3 is 6.03 Å². The molecule has 1 unspecified atom stereocenters. The fourth-order valence-corrected chi connectivity index (χ4v) is 2.21. The second-order valence-corrected chi connectivity index (χ2v) is 5.19. The Hall–Kier alpha value is -1.63. The topological polar surface area (TPSA) is 105 Å². The van der Waals surface area contributed by atoms with E-state index in [9.17, 15) is 14.4 Å². The van der Waals surface area contributed by atoms with E-state index in [4.69, 9.17) is 5.73 Å². The summed E-state index contributed by atoms with van der Waals surface area (Å²) in [6.45, 7) is 3.85. The Kier molecular flexibility index (Phi) is 2.39. The lowest BCUT2D eigenvalue weighted by Crippen LogP contribution is -2.54. The minimum absolute atomic E-state index is 0.185. The van der Waals surface area contributed by atoms with Gasteiger partial charge in [0.25, 0.3) is 5.91 Å². The van der Waals surface area contributed by atoms with Crippen LogP contribution in [0.5, 0.6) is 0 Å². The smallest absolute Gasteiger partial charge is 0.322 e. The Labute approximate surface area is 98.7 Å². The van der Waals surface area contributed by atoms with Crippen LogP contribution >= 0.6 is 0 Å². The molecule has 0 aromatic rings. The van der Waals surface area contributed by atoms with Gasteiger partial charge in [-0.2, -0.15) is 0 Å². The van der Waals surface area contributed by atoms with Gasteiger partial charge in [0.15, 0.2) is 0 Å². The van der Waals surface area contributed by atoms with E-state index < -0.39 is 17.1 Å². The van der Waals surface area contributed by atoms with Crippen LogP contribution in [0.25, 0.3) is 0 Å². The summed E-state index contributed by atoms with van der Waals surface area (Å²) in [4.78, 5) is 36.3. The van der Waals surface area contributed by atoms with Gasteiger partial charge in [-0.05, 0) is 20.3 Å². The molecule has 7 heteroatoms. The van der Waals surface area contributed by atoms with Crippen molar-refractivity contribution in [3.05, 3.63) is 0 Å². The third-order valence-electron chi connectivity index (χ3n) is 3.12. The van der Waals surface area contributed by atoms with Crippen LogP contribution < -0.4 is 16.4 Å². The first-order chi connectivity index (χ1) is 7.74. The van der Waals surface area contributed by atoms with Gasteiger partial charge in [-0.15, -0.1) is 0 Å². The number of urea groups is 1. The molecule has 4 amide bonds. The molecule has 4 N–H and O–H groups in total. The molecule has 2 aliphatic heterocycles. The minimum Gasteiger partial charge on any atom is -0.338 e. The molecule has 2 rings (SSSR count). The number of nitrogens with one attached hydrogen (secondary N) is 2. The molecule has 2 heterocycles. The molecule has 0 saturated carbocycles. The highest BCUT2D eigenvalue weighted by Gasteiger charge is 2.52. The maximum Gasteiger partial charge on any atom is 0.322 e. The molecule has 2 saturated heterocycles. The molecule has 94 valence electrons. The first-order valence-corrected chi connectivity index (χ1v) is 5.46. The third-order valence-corrected chi connectivity index (χ3v) is 3.12. The average Bonchev–Trinajstić information content (AvgIpc) is 2.70. The highest BCUT2D eigenvalue weighted by atomic mass is 16.2. The molecule has 1 atom stereocenters. The lowest BCUT2D eigenvalue weighted by atomic mass is 9.99. The fourth-order valence-electron chi connectivity index (χ4n) is 2.21. The number of imide groups is 1. The second kappa shape index (κ2) is 3.43. The van der Waals surface area contributed by atoms with Crippen molar-refractivity contribution in [1.82, 2.24) is 15.5 Å². The summed E-state index contributed by atoms with van der Waals surface area (Å²) in [5.41, 5.74) is 3.80. The van der Waals surface area contributed by atoms with Gasteiger partial charge in [0.05, 0.1) is 12.1 Å². The molecule has 0 bridgehead atoms. The number of carbonyl (C=O) groups is 3. The van der Waals surface area contributed by atoms with Gasteiger partial charge in [0, 0.05) is 6.54 Å². The summed E-state index contributed by atoms with van der Waals surface area (Å²) >= 11 is 0. The normalized spacial score (nSPS) is 28.5. The van der Waals surface area contributed by atoms with Crippen molar-refractivity contribution in [3.8, 4) is 0 Å². The van der Waals surface area contributed by atoms with Crippen molar-refractivity contribution in [2.24, 2.45) is 5.73 Å². The van der Waals surface area contributed by atoms with Crippen LogP contribution in [0.1, 0.15) is 20.3 Å². The first kappa shape index (κ1) is 11.8. The zero-order valence-electron chi connectivity index (χ0n) is 9.87. The Balaban J connectivity index is 2.13. The molecule has 17 heavy (non-hydrogen) atoms. The van der Waals surface area contributed by atoms with E-state index in [0.717, 1.165) is 0 Å². The predicted molar refractivity (Wildman–Crippen MR) is 58.9 cm³/mol. The van der Waals surface area contributed by atoms with E-state index in [0.29, 0.717) is 13.0 Å². The van der Waals surface area contributed by atoms with Gasteiger partial charge in [0.2, 0.25) is 5.91 Å². The van der Waals surface area contributed by atoms with Crippen molar-refractivity contribution in [2.75, 3.05) is 13.1 Å². The first-order valence-electron chi connectivity index (χ1n) is 5.46. The third kappa shape index (κ3) is 1.86. The monoisotopic (exact) mass is 240 g/mol. The molecule has 2 aliphatic rings. The Morgan fingerprint density at radius 2 is 2.12 bits per heavy atom. The van der Waals surface area contributed by atoms with Gasteiger partial charge < -0.3 is 16.0 Å². The van der Waals surface area contributed by atoms with Gasteiger partial charge in [-0.1, -0.05) is 0 Å². The van der Waals surface area contributed by atoms with Crippen LogP contribution in [0.15, 0.2) is 0 Å². The minimum atomic E-state index is -0.968. The van der Waals surface area contributed by atoms with Crippen molar-refractivity contribution >= 4 is 17.8 Å². The van der Waals surface area contributed by atoms with E-state index in [-0.39, 0.29) is 18.4 Å². The van der Waals surface area contributed by atoms with Gasteiger partial charge in [-0.3, -0.25) is 14.9 Å². The van der Waals surface area contributed by atoms with E-state index in [1.807, 2.05) is 0 Å². The molecule has 0 aromatic carbocycles. The van der Waals surface area contributed by atoms with Crippen LogP contribution in [0.3, 0.4) is 0 Å².